The second kappa shape index (κ2) is 8.14. The van der Waals surface area contributed by atoms with Gasteiger partial charge in [-0.2, -0.15) is 0 Å². The summed E-state index contributed by atoms with van der Waals surface area (Å²) in [6.07, 6.45) is 3.32. The third-order valence-corrected chi connectivity index (χ3v) is 4.83. The van der Waals surface area contributed by atoms with Crippen LogP contribution in [0.2, 0.25) is 0 Å². The Hall–Kier alpha value is -3.67. The van der Waals surface area contributed by atoms with Crippen LogP contribution >= 0.6 is 0 Å². The molecule has 0 spiro atoms. The van der Waals surface area contributed by atoms with Crippen molar-refractivity contribution in [2.45, 2.75) is 19.4 Å². The van der Waals surface area contributed by atoms with Crippen LogP contribution in [-0.2, 0) is 11.2 Å². The SMILES string of the molecule is CC1Oc2ccc(NC(=O)c3ccncc3)cc2N(CCc2ccccc2)C1=O. The molecule has 2 heterocycles. The Bertz CT molecular complexity index is 1020. The van der Waals surface area contributed by atoms with Crippen molar-refractivity contribution in [3.63, 3.8) is 0 Å². The Labute approximate surface area is 169 Å². The van der Waals surface area contributed by atoms with Crippen molar-refractivity contribution in [3.05, 3.63) is 84.2 Å². The molecule has 1 aromatic heterocycles. The quantitative estimate of drug-likeness (QED) is 0.725. The maximum Gasteiger partial charge on any atom is 0.267 e. The summed E-state index contributed by atoms with van der Waals surface area (Å²) in [5, 5.41) is 2.87. The lowest BCUT2D eigenvalue weighted by molar-refractivity contribution is -0.125. The Morgan fingerprint density at radius 2 is 1.86 bits per heavy atom. The number of pyridine rings is 1. The zero-order valence-electron chi connectivity index (χ0n) is 16.0. The van der Waals surface area contributed by atoms with Gasteiger partial charge in [0.2, 0.25) is 0 Å². The fourth-order valence-electron chi connectivity index (χ4n) is 3.31. The normalized spacial score (nSPS) is 15.4. The van der Waals surface area contributed by atoms with Crippen LogP contribution in [0.4, 0.5) is 11.4 Å². The lowest BCUT2D eigenvalue weighted by Gasteiger charge is -2.33. The van der Waals surface area contributed by atoms with Gasteiger partial charge in [-0.1, -0.05) is 30.3 Å². The first kappa shape index (κ1) is 18.7. The molecular weight excluding hydrogens is 366 g/mol. The fraction of sp³-hybridized carbons (Fsp3) is 0.174. The van der Waals surface area contributed by atoms with Crippen molar-refractivity contribution in [2.24, 2.45) is 0 Å². The van der Waals surface area contributed by atoms with Crippen LogP contribution in [0, 0.1) is 0 Å². The number of ether oxygens (including phenoxy) is 1. The number of carbonyl (C=O) groups excluding carboxylic acids is 2. The van der Waals surface area contributed by atoms with E-state index in [1.165, 1.54) is 0 Å². The van der Waals surface area contributed by atoms with Gasteiger partial charge < -0.3 is 15.0 Å². The molecule has 0 radical (unpaired) electrons. The number of aromatic nitrogens is 1. The molecule has 4 rings (SSSR count). The highest BCUT2D eigenvalue weighted by Crippen LogP contribution is 2.36. The van der Waals surface area contributed by atoms with Gasteiger partial charge in [0, 0.05) is 30.2 Å². The second-order valence-corrected chi connectivity index (χ2v) is 6.86. The molecule has 1 aliphatic rings. The van der Waals surface area contributed by atoms with Crippen molar-refractivity contribution >= 4 is 23.2 Å². The molecule has 6 nitrogen and oxygen atoms in total. The number of nitrogens with one attached hydrogen (secondary N) is 1. The number of anilines is 2. The van der Waals surface area contributed by atoms with E-state index in [2.05, 4.69) is 10.3 Å². The largest absolute Gasteiger partial charge is 0.479 e. The van der Waals surface area contributed by atoms with E-state index < -0.39 is 6.10 Å². The number of rotatable bonds is 5. The predicted octanol–water partition coefficient (Wildman–Crippen LogP) is 3.69. The first-order chi connectivity index (χ1) is 14.1. The molecule has 0 bridgehead atoms. The van der Waals surface area contributed by atoms with Gasteiger partial charge in [-0.3, -0.25) is 14.6 Å². The predicted molar refractivity (Wildman–Crippen MR) is 111 cm³/mol. The lowest BCUT2D eigenvalue weighted by atomic mass is 10.1. The van der Waals surface area contributed by atoms with E-state index in [9.17, 15) is 9.59 Å². The maximum absolute atomic E-state index is 12.8. The van der Waals surface area contributed by atoms with Crippen molar-refractivity contribution in [1.29, 1.82) is 0 Å². The van der Waals surface area contributed by atoms with E-state index in [0.717, 1.165) is 12.0 Å². The van der Waals surface area contributed by atoms with Gasteiger partial charge in [0.25, 0.3) is 11.8 Å². The highest BCUT2D eigenvalue weighted by molar-refractivity contribution is 6.05. The van der Waals surface area contributed by atoms with Crippen LogP contribution in [0.1, 0.15) is 22.8 Å². The summed E-state index contributed by atoms with van der Waals surface area (Å²) in [6, 6.07) is 18.7. The molecule has 0 saturated heterocycles. The van der Waals surface area contributed by atoms with Crippen molar-refractivity contribution in [1.82, 2.24) is 4.98 Å². The molecule has 2 aromatic carbocycles. The number of fused-ring (bicyclic) bond motifs is 1. The number of hydrogen-bond donors (Lipinski definition) is 1. The zero-order chi connectivity index (χ0) is 20.2. The minimum atomic E-state index is -0.546. The molecular formula is C23H21N3O3. The summed E-state index contributed by atoms with van der Waals surface area (Å²) in [4.78, 5) is 30.9. The van der Waals surface area contributed by atoms with Gasteiger partial charge in [-0.15, -0.1) is 0 Å². The fourth-order valence-corrected chi connectivity index (χ4v) is 3.31. The van der Waals surface area contributed by atoms with Crippen LogP contribution < -0.4 is 15.0 Å². The van der Waals surface area contributed by atoms with E-state index in [0.29, 0.717) is 29.2 Å². The third kappa shape index (κ3) is 4.11. The number of carbonyl (C=O) groups is 2. The molecule has 0 aliphatic carbocycles. The molecule has 2 amide bonds. The van der Waals surface area contributed by atoms with Crippen molar-refractivity contribution in [2.75, 3.05) is 16.8 Å². The molecule has 146 valence electrons. The maximum atomic E-state index is 12.8. The Kier molecular flexibility index (Phi) is 5.24. The molecule has 0 fully saturated rings. The molecule has 1 N–H and O–H groups in total. The Balaban J connectivity index is 1.57. The third-order valence-electron chi connectivity index (χ3n) is 4.83. The second-order valence-electron chi connectivity index (χ2n) is 6.86. The zero-order valence-corrected chi connectivity index (χ0v) is 16.0. The van der Waals surface area contributed by atoms with E-state index in [1.54, 1.807) is 54.5 Å². The van der Waals surface area contributed by atoms with E-state index >= 15 is 0 Å². The van der Waals surface area contributed by atoms with Crippen LogP contribution in [0.15, 0.2) is 73.1 Å². The van der Waals surface area contributed by atoms with Gasteiger partial charge in [0.05, 0.1) is 5.69 Å². The van der Waals surface area contributed by atoms with Gasteiger partial charge in [-0.25, -0.2) is 0 Å². The van der Waals surface area contributed by atoms with Crippen LogP contribution in [0.5, 0.6) is 5.75 Å². The Morgan fingerprint density at radius 1 is 1.10 bits per heavy atom. The van der Waals surface area contributed by atoms with Gasteiger partial charge in [-0.05, 0) is 49.2 Å². The lowest BCUT2D eigenvalue weighted by Crippen LogP contribution is -2.45. The van der Waals surface area contributed by atoms with Crippen LogP contribution in [0.3, 0.4) is 0 Å². The minimum Gasteiger partial charge on any atom is -0.479 e. The topological polar surface area (TPSA) is 71.5 Å². The van der Waals surface area contributed by atoms with Crippen LogP contribution in [-0.4, -0.2) is 29.4 Å². The summed E-state index contributed by atoms with van der Waals surface area (Å²) in [5.74, 6) is 0.303. The van der Waals surface area contributed by atoms with E-state index in [-0.39, 0.29) is 11.8 Å². The number of nitrogens with zero attached hydrogens (tertiary/aromatic N) is 2. The average molecular weight is 387 g/mol. The summed E-state index contributed by atoms with van der Waals surface area (Å²) in [6.45, 7) is 2.28. The smallest absolute Gasteiger partial charge is 0.267 e. The first-order valence-electron chi connectivity index (χ1n) is 9.49. The monoisotopic (exact) mass is 387 g/mol. The van der Waals surface area contributed by atoms with Crippen LogP contribution in [0.25, 0.3) is 0 Å². The first-order valence-corrected chi connectivity index (χ1v) is 9.49. The molecule has 1 unspecified atom stereocenters. The summed E-state index contributed by atoms with van der Waals surface area (Å²) in [7, 11) is 0. The van der Waals surface area contributed by atoms with Gasteiger partial charge >= 0.3 is 0 Å². The number of benzene rings is 2. The van der Waals surface area contributed by atoms with Gasteiger partial charge in [0.1, 0.15) is 5.75 Å². The molecule has 0 saturated carbocycles. The molecule has 1 aliphatic heterocycles. The van der Waals surface area contributed by atoms with Crippen molar-refractivity contribution in [3.8, 4) is 5.75 Å². The molecule has 1 atom stereocenters. The number of amides is 2. The summed E-state index contributed by atoms with van der Waals surface area (Å²) in [5.41, 5.74) is 2.93. The number of hydrogen-bond acceptors (Lipinski definition) is 4. The Morgan fingerprint density at radius 3 is 2.62 bits per heavy atom. The minimum absolute atomic E-state index is 0.0916. The standard InChI is InChI=1S/C23H21N3O3/c1-16-23(28)26(14-11-17-5-3-2-4-6-17)20-15-19(7-8-21(20)29-16)25-22(27)18-9-12-24-13-10-18/h2-10,12-13,15-16H,11,14H2,1H3,(H,25,27). The highest BCUT2D eigenvalue weighted by Gasteiger charge is 2.31. The average Bonchev–Trinajstić information content (AvgIpc) is 2.76. The molecule has 3 aromatic rings. The molecule has 29 heavy (non-hydrogen) atoms. The van der Waals surface area contributed by atoms with E-state index in [4.69, 9.17) is 4.74 Å². The molecule has 6 heteroatoms. The summed E-state index contributed by atoms with van der Waals surface area (Å²) < 4.78 is 5.76. The highest BCUT2D eigenvalue weighted by atomic mass is 16.5. The summed E-state index contributed by atoms with van der Waals surface area (Å²) >= 11 is 0. The van der Waals surface area contributed by atoms with Crippen molar-refractivity contribution < 1.29 is 14.3 Å². The van der Waals surface area contributed by atoms with Gasteiger partial charge in [0.15, 0.2) is 6.10 Å². The van der Waals surface area contributed by atoms with E-state index in [1.807, 2.05) is 30.3 Å².